The van der Waals surface area contributed by atoms with E-state index in [1.807, 2.05) is 6.07 Å². The second-order valence-corrected chi connectivity index (χ2v) is 6.69. The Bertz CT molecular complexity index is 647. The summed E-state index contributed by atoms with van der Waals surface area (Å²) in [6, 6.07) is 2.74. The molecule has 7 heteroatoms. The second kappa shape index (κ2) is 8.63. The predicted octanol–water partition coefficient (Wildman–Crippen LogP) is 2.53. The number of carbonyl (C=O) groups excluding carboxylic acids is 2. The fourth-order valence-electron chi connectivity index (χ4n) is 3.46. The number of amides is 2. The van der Waals surface area contributed by atoms with E-state index >= 15 is 0 Å². The molecule has 1 heterocycles. The van der Waals surface area contributed by atoms with Crippen molar-refractivity contribution >= 4 is 29.9 Å². The maximum atomic E-state index is 14.6. The summed E-state index contributed by atoms with van der Waals surface area (Å²) in [5.41, 5.74) is 1.77. The molecule has 1 aromatic rings. The zero-order valence-corrected chi connectivity index (χ0v) is 15.2. The molecule has 1 unspecified atom stereocenters. The molecule has 1 aliphatic carbocycles. The largest absolute Gasteiger partial charge is 0.344 e. The summed E-state index contributed by atoms with van der Waals surface area (Å²) in [6.45, 7) is 3.01. The molecule has 0 bridgehead atoms. The number of hydrogen-bond donors (Lipinski definition) is 3. The van der Waals surface area contributed by atoms with Gasteiger partial charge in [0.15, 0.2) is 0 Å². The van der Waals surface area contributed by atoms with Gasteiger partial charge in [0.25, 0.3) is 0 Å². The number of hydrogen-bond acceptors (Lipinski definition) is 3. The third-order valence-electron chi connectivity index (χ3n) is 4.94. The molecule has 1 fully saturated rings. The summed E-state index contributed by atoms with van der Waals surface area (Å²) in [7, 11) is 0. The van der Waals surface area contributed by atoms with Crippen molar-refractivity contribution in [3.63, 3.8) is 0 Å². The summed E-state index contributed by atoms with van der Waals surface area (Å²) in [5.74, 6) is -0.828. The van der Waals surface area contributed by atoms with Gasteiger partial charge >= 0.3 is 0 Å². The molecule has 0 aromatic heterocycles. The lowest BCUT2D eigenvalue weighted by molar-refractivity contribution is -0.128. The van der Waals surface area contributed by atoms with Gasteiger partial charge in [-0.3, -0.25) is 9.59 Å². The Morgan fingerprint density at radius 1 is 1.28 bits per heavy atom. The Kier molecular flexibility index (Phi) is 6.79. The summed E-state index contributed by atoms with van der Waals surface area (Å²) >= 11 is 0. The van der Waals surface area contributed by atoms with E-state index in [1.165, 1.54) is 0 Å². The van der Waals surface area contributed by atoms with Crippen LogP contribution in [-0.4, -0.2) is 24.4 Å². The highest BCUT2D eigenvalue weighted by atomic mass is 35.5. The molecule has 1 atom stereocenters. The van der Waals surface area contributed by atoms with Gasteiger partial charge in [-0.05, 0) is 49.9 Å². The molecule has 3 N–H and O–H groups in total. The Balaban J connectivity index is 0.00000225. The summed E-state index contributed by atoms with van der Waals surface area (Å²) in [5, 5.41) is 8.54. The number of rotatable bonds is 4. The smallest absolute Gasteiger partial charge is 0.246 e. The molecule has 0 saturated heterocycles. The lowest BCUT2D eigenvalue weighted by Gasteiger charge is -2.21. The first-order chi connectivity index (χ1) is 11.6. The molecule has 25 heavy (non-hydrogen) atoms. The van der Waals surface area contributed by atoms with E-state index < -0.39 is 11.9 Å². The number of halogens is 2. The quantitative estimate of drug-likeness (QED) is 0.763. The number of fused-ring (bicyclic) bond motifs is 1. The molecule has 1 aliphatic heterocycles. The fourth-order valence-corrected chi connectivity index (χ4v) is 3.46. The van der Waals surface area contributed by atoms with Crippen LogP contribution in [0.15, 0.2) is 12.1 Å². The number of benzene rings is 1. The minimum Gasteiger partial charge on any atom is -0.344 e. The van der Waals surface area contributed by atoms with E-state index in [-0.39, 0.29) is 35.7 Å². The average Bonchev–Trinajstić information content (AvgIpc) is 3.12. The Hall–Kier alpha value is -1.66. The minimum absolute atomic E-state index is 0. The van der Waals surface area contributed by atoms with Crippen LogP contribution in [0.2, 0.25) is 0 Å². The molecule has 0 radical (unpaired) electrons. The monoisotopic (exact) mass is 369 g/mol. The SMILES string of the molecule is CC(NC(=O)C1CCCC1)C(=O)Nc1ccc2c(c1F)CCNC2.Cl. The van der Waals surface area contributed by atoms with Crippen molar-refractivity contribution in [1.82, 2.24) is 10.6 Å². The van der Waals surface area contributed by atoms with Gasteiger partial charge < -0.3 is 16.0 Å². The van der Waals surface area contributed by atoms with Gasteiger partial charge in [0, 0.05) is 12.5 Å². The van der Waals surface area contributed by atoms with Gasteiger partial charge in [-0.15, -0.1) is 12.4 Å². The first kappa shape index (κ1) is 19.7. The van der Waals surface area contributed by atoms with Crippen molar-refractivity contribution in [3.05, 3.63) is 29.1 Å². The van der Waals surface area contributed by atoms with Crippen molar-refractivity contribution in [1.29, 1.82) is 0 Å². The highest BCUT2D eigenvalue weighted by Gasteiger charge is 2.26. The highest BCUT2D eigenvalue weighted by molar-refractivity contribution is 5.97. The van der Waals surface area contributed by atoms with Gasteiger partial charge in [-0.2, -0.15) is 0 Å². The lowest BCUT2D eigenvalue weighted by atomic mass is 9.99. The van der Waals surface area contributed by atoms with E-state index in [0.29, 0.717) is 18.5 Å². The molecule has 5 nitrogen and oxygen atoms in total. The zero-order valence-electron chi connectivity index (χ0n) is 14.4. The molecular weight excluding hydrogens is 345 g/mol. The first-order valence-electron chi connectivity index (χ1n) is 8.68. The Labute approximate surface area is 153 Å². The number of carbonyl (C=O) groups is 2. The van der Waals surface area contributed by atoms with Gasteiger partial charge in [0.05, 0.1) is 5.69 Å². The Morgan fingerprint density at radius 3 is 2.72 bits per heavy atom. The molecule has 2 amide bonds. The second-order valence-electron chi connectivity index (χ2n) is 6.69. The molecule has 1 aromatic carbocycles. The van der Waals surface area contributed by atoms with E-state index in [1.54, 1.807) is 13.0 Å². The predicted molar refractivity (Wildman–Crippen MR) is 97.3 cm³/mol. The molecular formula is C18H25ClFN3O2. The standard InChI is InChI=1S/C18H24FN3O2.ClH/c1-11(21-18(24)12-4-2-3-5-12)17(23)22-15-7-6-13-10-20-9-8-14(13)16(15)19;/h6-7,11-12,20H,2-5,8-10H2,1H3,(H,21,24)(H,22,23);1H. The molecule has 3 rings (SSSR count). The molecule has 1 saturated carbocycles. The molecule has 138 valence electrons. The molecule has 2 aliphatic rings. The van der Waals surface area contributed by atoms with Crippen LogP contribution in [-0.2, 0) is 22.6 Å². The van der Waals surface area contributed by atoms with Crippen molar-refractivity contribution in [2.75, 3.05) is 11.9 Å². The van der Waals surface area contributed by atoms with Gasteiger partial charge in [0.2, 0.25) is 11.8 Å². The van der Waals surface area contributed by atoms with Crippen LogP contribution < -0.4 is 16.0 Å². The van der Waals surface area contributed by atoms with Gasteiger partial charge in [-0.1, -0.05) is 18.9 Å². The third kappa shape index (κ3) is 4.50. The molecule has 0 spiro atoms. The van der Waals surface area contributed by atoms with Crippen molar-refractivity contribution in [2.24, 2.45) is 5.92 Å². The summed E-state index contributed by atoms with van der Waals surface area (Å²) in [6.07, 6.45) is 4.50. The van der Waals surface area contributed by atoms with E-state index in [0.717, 1.165) is 37.8 Å². The fraction of sp³-hybridized carbons (Fsp3) is 0.556. The van der Waals surface area contributed by atoms with E-state index in [2.05, 4.69) is 16.0 Å². The van der Waals surface area contributed by atoms with E-state index in [9.17, 15) is 14.0 Å². The van der Waals surface area contributed by atoms with Crippen molar-refractivity contribution in [3.8, 4) is 0 Å². The van der Waals surface area contributed by atoms with Crippen LogP contribution in [0.1, 0.15) is 43.7 Å². The van der Waals surface area contributed by atoms with Crippen molar-refractivity contribution in [2.45, 2.75) is 51.6 Å². The zero-order chi connectivity index (χ0) is 17.1. The summed E-state index contributed by atoms with van der Waals surface area (Å²) in [4.78, 5) is 24.4. The van der Waals surface area contributed by atoms with Crippen LogP contribution >= 0.6 is 12.4 Å². The Morgan fingerprint density at radius 2 is 2.00 bits per heavy atom. The summed E-state index contributed by atoms with van der Waals surface area (Å²) < 4.78 is 14.6. The average molecular weight is 370 g/mol. The van der Waals surface area contributed by atoms with Crippen LogP contribution in [0.5, 0.6) is 0 Å². The first-order valence-corrected chi connectivity index (χ1v) is 8.68. The van der Waals surface area contributed by atoms with Crippen LogP contribution in [0.3, 0.4) is 0 Å². The maximum Gasteiger partial charge on any atom is 0.246 e. The maximum absolute atomic E-state index is 14.6. The number of nitrogens with one attached hydrogen (secondary N) is 3. The minimum atomic E-state index is -0.685. The van der Waals surface area contributed by atoms with E-state index in [4.69, 9.17) is 0 Å². The van der Waals surface area contributed by atoms with Crippen LogP contribution in [0.25, 0.3) is 0 Å². The van der Waals surface area contributed by atoms with Gasteiger partial charge in [-0.25, -0.2) is 4.39 Å². The van der Waals surface area contributed by atoms with Gasteiger partial charge in [0.1, 0.15) is 11.9 Å². The van der Waals surface area contributed by atoms with Crippen LogP contribution in [0.4, 0.5) is 10.1 Å². The highest BCUT2D eigenvalue weighted by Crippen LogP contribution is 2.26. The topological polar surface area (TPSA) is 70.2 Å². The number of anilines is 1. The third-order valence-corrected chi connectivity index (χ3v) is 4.94. The van der Waals surface area contributed by atoms with Crippen molar-refractivity contribution < 1.29 is 14.0 Å². The lowest BCUT2D eigenvalue weighted by Crippen LogP contribution is -2.43. The van der Waals surface area contributed by atoms with Crippen LogP contribution in [0, 0.1) is 11.7 Å². The normalized spacial score (nSPS) is 18.0.